The van der Waals surface area contributed by atoms with Gasteiger partial charge in [0.2, 0.25) is 0 Å². The van der Waals surface area contributed by atoms with Crippen LogP contribution in [0.15, 0.2) is 33.5 Å². The highest BCUT2D eigenvalue weighted by molar-refractivity contribution is 7.99. The zero-order valence-corrected chi connectivity index (χ0v) is 18.9. The zero-order valence-electron chi connectivity index (χ0n) is 18.0. The number of alkyl halides is 3. The summed E-state index contributed by atoms with van der Waals surface area (Å²) in [5.74, 6) is -2.01. The van der Waals surface area contributed by atoms with Gasteiger partial charge in [0.05, 0.1) is 5.56 Å². The van der Waals surface area contributed by atoms with E-state index in [9.17, 15) is 32.3 Å². The number of hydrogen-bond donors (Lipinski definition) is 0. The van der Waals surface area contributed by atoms with Gasteiger partial charge in [-0.1, -0.05) is 0 Å². The van der Waals surface area contributed by atoms with Crippen LogP contribution < -0.4 is 10.4 Å². The number of benzene rings is 1. The van der Waals surface area contributed by atoms with Crippen molar-refractivity contribution in [1.29, 1.82) is 0 Å². The summed E-state index contributed by atoms with van der Waals surface area (Å²) in [6.45, 7) is 3.40. The third kappa shape index (κ3) is 6.01. The molecule has 9 nitrogen and oxygen atoms in total. The van der Waals surface area contributed by atoms with Crippen LogP contribution in [0.2, 0.25) is 0 Å². The number of thioether (sulfide) groups is 1. The number of carbonyl (C=O) groups excluding carboxylic acids is 3. The van der Waals surface area contributed by atoms with Gasteiger partial charge in [-0.25, -0.2) is 4.79 Å². The molecule has 34 heavy (non-hydrogen) atoms. The van der Waals surface area contributed by atoms with Crippen molar-refractivity contribution in [3.63, 3.8) is 0 Å². The molecule has 0 amide bonds. The Labute approximate surface area is 194 Å². The molecule has 1 fully saturated rings. The summed E-state index contributed by atoms with van der Waals surface area (Å²) in [5.41, 5.74) is -3.72. The molecule has 1 aliphatic rings. The van der Waals surface area contributed by atoms with Crippen molar-refractivity contribution in [2.75, 3.05) is 5.75 Å². The van der Waals surface area contributed by atoms with Gasteiger partial charge in [0.25, 0.3) is 0 Å². The third-order valence-corrected chi connectivity index (χ3v) is 5.79. The van der Waals surface area contributed by atoms with Gasteiger partial charge in [0.15, 0.2) is 23.7 Å². The first kappa shape index (κ1) is 25.4. The van der Waals surface area contributed by atoms with Gasteiger partial charge < -0.3 is 23.4 Å². The van der Waals surface area contributed by atoms with Crippen LogP contribution in [0.4, 0.5) is 13.2 Å². The van der Waals surface area contributed by atoms with Gasteiger partial charge in [-0.05, 0) is 12.1 Å². The summed E-state index contributed by atoms with van der Waals surface area (Å²) in [6.07, 6.45) is -8.15. The smallest absolute Gasteiger partial charge is 0.417 e. The molecule has 0 spiro atoms. The maximum Gasteiger partial charge on any atom is 0.417 e. The Morgan fingerprint density at radius 2 is 1.59 bits per heavy atom. The number of esters is 3. The summed E-state index contributed by atoms with van der Waals surface area (Å²) < 4.78 is 66.3. The van der Waals surface area contributed by atoms with Crippen LogP contribution in [-0.2, 0) is 34.8 Å². The van der Waals surface area contributed by atoms with E-state index in [4.69, 9.17) is 23.4 Å². The second kappa shape index (κ2) is 9.95. The molecular formula is C21H19F3O9S. The van der Waals surface area contributed by atoms with Crippen LogP contribution in [0.3, 0.4) is 0 Å². The van der Waals surface area contributed by atoms with Crippen LogP contribution in [0.1, 0.15) is 26.3 Å². The molecule has 184 valence electrons. The van der Waals surface area contributed by atoms with Gasteiger partial charge in [0, 0.05) is 44.0 Å². The van der Waals surface area contributed by atoms with E-state index in [-0.39, 0.29) is 22.5 Å². The predicted molar refractivity (Wildman–Crippen MR) is 111 cm³/mol. The molecule has 1 aromatic heterocycles. The van der Waals surface area contributed by atoms with Crippen molar-refractivity contribution in [3.8, 4) is 5.75 Å². The van der Waals surface area contributed by atoms with Crippen molar-refractivity contribution in [1.82, 2.24) is 0 Å². The quantitative estimate of drug-likeness (QED) is 0.342. The molecular weight excluding hydrogens is 485 g/mol. The van der Waals surface area contributed by atoms with Crippen molar-refractivity contribution in [2.45, 2.75) is 50.7 Å². The minimum absolute atomic E-state index is 0.00265. The lowest BCUT2D eigenvalue weighted by Crippen LogP contribution is -2.55. The molecule has 2 heterocycles. The Morgan fingerprint density at radius 3 is 2.18 bits per heavy atom. The lowest BCUT2D eigenvalue weighted by Gasteiger charge is -2.39. The molecule has 0 radical (unpaired) electrons. The number of ether oxygens (including phenoxy) is 4. The highest BCUT2D eigenvalue weighted by atomic mass is 32.2. The van der Waals surface area contributed by atoms with Gasteiger partial charge in [-0.2, -0.15) is 13.2 Å². The molecule has 0 N–H and O–H groups in total. The predicted octanol–water partition coefficient (Wildman–Crippen LogP) is 3.06. The van der Waals surface area contributed by atoms with E-state index in [1.165, 1.54) is 6.07 Å². The Kier molecular flexibility index (Phi) is 7.44. The van der Waals surface area contributed by atoms with Crippen LogP contribution in [0, 0.1) is 0 Å². The summed E-state index contributed by atoms with van der Waals surface area (Å²) in [4.78, 5) is 46.5. The van der Waals surface area contributed by atoms with E-state index < -0.39 is 59.0 Å². The summed E-state index contributed by atoms with van der Waals surface area (Å²) >= 11 is 1.06. The highest BCUT2D eigenvalue weighted by Crippen LogP contribution is 2.37. The molecule has 2 aromatic rings. The average molecular weight is 504 g/mol. The minimum atomic E-state index is -4.78. The van der Waals surface area contributed by atoms with E-state index in [0.717, 1.165) is 44.7 Å². The first-order valence-corrected chi connectivity index (χ1v) is 10.8. The third-order valence-electron chi connectivity index (χ3n) is 4.58. The molecule has 1 aliphatic heterocycles. The number of fused-ring (bicyclic) bond motifs is 1. The first-order valence-electron chi connectivity index (χ1n) is 9.80. The van der Waals surface area contributed by atoms with Crippen molar-refractivity contribution in [2.24, 2.45) is 0 Å². The van der Waals surface area contributed by atoms with Gasteiger partial charge in [-0.15, -0.1) is 11.8 Å². The summed E-state index contributed by atoms with van der Waals surface area (Å²) in [6, 6.07) is 3.75. The maximum absolute atomic E-state index is 13.3. The molecule has 1 aromatic carbocycles. The van der Waals surface area contributed by atoms with E-state index in [1.54, 1.807) is 0 Å². The molecule has 0 saturated carbocycles. The Balaban J connectivity index is 1.96. The molecule has 0 aliphatic carbocycles. The molecule has 0 bridgehead atoms. The van der Waals surface area contributed by atoms with Crippen LogP contribution in [0.5, 0.6) is 5.75 Å². The van der Waals surface area contributed by atoms with Crippen molar-refractivity contribution in [3.05, 3.63) is 40.2 Å². The fourth-order valence-electron chi connectivity index (χ4n) is 3.39. The van der Waals surface area contributed by atoms with Crippen LogP contribution in [0.25, 0.3) is 11.0 Å². The Hall–Kier alpha value is -3.22. The van der Waals surface area contributed by atoms with Crippen molar-refractivity contribution >= 4 is 40.6 Å². The lowest BCUT2D eigenvalue weighted by atomic mass is 10.1. The first-order chi connectivity index (χ1) is 15.8. The summed E-state index contributed by atoms with van der Waals surface area (Å²) in [7, 11) is 0. The number of rotatable bonds is 5. The SMILES string of the molecule is CC(=O)O[C@@H]1[C@@H](OC(C)=O)[C@@H](Oc2ccc3c(C(F)(F)F)cc(=O)oc3c2)SC[C@H]1OC(C)=O. The topological polar surface area (TPSA) is 118 Å². The lowest BCUT2D eigenvalue weighted by molar-refractivity contribution is -0.186. The fourth-order valence-corrected chi connectivity index (χ4v) is 4.61. The van der Waals surface area contributed by atoms with E-state index in [1.807, 2.05) is 0 Å². The van der Waals surface area contributed by atoms with Crippen LogP contribution in [-0.4, -0.2) is 47.4 Å². The Bertz CT molecular complexity index is 1160. The number of halogens is 3. The zero-order chi connectivity index (χ0) is 25.2. The molecule has 3 rings (SSSR count). The molecule has 0 unspecified atom stereocenters. The average Bonchev–Trinajstić information content (AvgIpc) is 2.69. The summed E-state index contributed by atoms with van der Waals surface area (Å²) in [5, 5.41) is -0.347. The van der Waals surface area contributed by atoms with Crippen LogP contribution >= 0.6 is 11.8 Å². The second-order valence-corrected chi connectivity index (χ2v) is 8.38. The highest BCUT2D eigenvalue weighted by Gasteiger charge is 2.47. The fraction of sp³-hybridized carbons (Fsp3) is 0.429. The van der Waals surface area contributed by atoms with Gasteiger partial charge in [0.1, 0.15) is 11.3 Å². The van der Waals surface area contributed by atoms with E-state index >= 15 is 0 Å². The van der Waals surface area contributed by atoms with Gasteiger partial charge in [-0.3, -0.25) is 14.4 Å². The van der Waals surface area contributed by atoms with E-state index in [2.05, 4.69) is 0 Å². The van der Waals surface area contributed by atoms with Gasteiger partial charge >= 0.3 is 29.7 Å². The maximum atomic E-state index is 13.3. The molecule has 13 heteroatoms. The normalized spacial score (nSPS) is 22.6. The number of carbonyl (C=O) groups is 3. The Morgan fingerprint density at radius 1 is 0.971 bits per heavy atom. The standard InChI is InChI=1S/C21H19F3O9S/c1-9(25)29-16-8-34-20(19(31-11(3)27)18(16)30-10(2)26)32-12-4-5-13-14(21(22,23)24)7-17(28)33-15(13)6-12/h4-7,16,18-20H,8H2,1-3H3/t16-,18+,19-,20+/m1/s1. The minimum Gasteiger partial charge on any atom is -0.476 e. The number of hydrogen-bond acceptors (Lipinski definition) is 10. The monoisotopic (exact) mass is 504 g/mol. The molecule has 4 atom stereocenters. The largest absolute Gasteiger partial charge is 0.476 e. The van der Waals surface area contributed by atoms with Crippen molar-refractivity contribution < 1.29 is 50.9 Å². The molecule has 1 saturated heterocycles. The van der Waals surface area contributed by atoms with E-state index in [0.29, 0.717) is 6.07 Å². The second-order valence-electron chi connectivity index (χ2n) is 7.25.